The van der Waals surface area contributed by atoms with E-state index in [-0.39, 0.29) is 27.5 Å². The monoisotopic (exact) mass is 317 g/mol. The molecular weight excluding hydrogens is 307 g/mol. The summed E-state index contributed by atoms with van der Waals surface area (Å²) in [6.07, 6.45) is -5.00. The number of aliphatic hydroxyl groups is 1. The minimum atomic E-state index is -4.82. The third-order valence-corrected chi connectivity index (χ3v) is 3.10. The van der Waals surface area contributed by atoms with E-state index in [0.29, 0.717) is 0 Å². The van der Waals surface area contributed by atoms with Crippen LogP contribution in [-0.2, 0) is 0 Å². The molecule has 1 atom stereocenters. The molecule has 0 bridgehead atoms. The molecule has 1 aromatic heterocycles. The summed E-state index contributed by atoms with van der Waals surface area (Å²) in [6.45, 7) is 0. The molecule has 0 aliphatic carbocycles. The van der Waals surface area contributed by atoms with Crippen LogP contribution in [0.2, 0.25) is 5.02 Å². The van der Waals surface area contributed by atoms with Gasteiger partial charge in [-0.1, -0.05) is 17.7 Å². The lowest BCUT2D eigenvalue weighted by atomic mass is 9.95. The number of rotatable bonds is 3. The van der Waals surface area contributed by atoms with Crippen LogP contribution in [0.1, 0.15) is 23.0 Å². The maximum atomic E-state index is 12.8. The summed E-state index contributed by atoms with van der Waals surface area (Å²) in [6, 6.07) is 6.96. The number of furan rings is 1. The average Bonchev–Trinajstić information content (AvgIpc) is 2.93. The van der Waals surface area contributed by atoms with E-state index < -0.39 is 12.3 Å². The predicted octanol–water partition coefficient (Wildman–Crippen LogP) is 3.88. The number of benzene rings is 1. The zero-order chi connectivity index (χ0) is 15.6. The Balaban J connectivity index is 2.59. The van der Waals surface area contributed by atoms with Gasteiger partial charge in [-0.3, -0.25) is 0 Å². The molecule has 1 unspecified atom stereocenters. The number of aliphatic hydroxyl groups excluding tert-OH is 1. The SMILES string of the molecule is N/C=C(/c1ccco1)c1ccc(Cl)cc1C(O)C(F)(F)F. The van der Waals surface area contributed by atoms with Crippen molar-refractivity contribution in [2.75, 3.05) is 0 Å². The molecule has 0 fully saturated rings. The van der Waals surface area contributed by atoms with Gasteiger partial charge < -0.3 is 15.3 Å². The highest BCUT2D eigenvalue weighted by Gasteiger charge is 2.41. The van der Waals surface area contributed by atoms with Gasteiger partial charge >= 0.3 is 6.18 Å². The van der Waals surface area contributed by atoms with Crippen molar-refractivity contribution in [1.82, 2.24) is 0 Å². The molecule has 0 aliphatic rings. The number of hydrogen-bond acceptors (Lipinski definition) is 3. The van der Waals surface area contributed by atoms with Crippen LogP contribution in [0.25, 0.3) is 5.57 Å². The molecule has 3 nitrogen and oxygen atoms in total. The molecule has 0 aliphatic heterocycles. The molecule has 21 heavy (non-hydrogen) atoms. The van der Waals surface area contributed by atoms with Gasteiger partial charge in [-0.2, -0.15) is 13.2 Å². The summed E-state index contributed by atoms with van der Waals surface area (Å²) in [7, 11) is 0. The molecule has 0 amide bonds. The van der Waals surface area contributed by atoms with E-state index in [1.165, 1.54) is 18.4 Å². The lowest BCUT2D eigenvalue weighted by molar-refractivity contribution is -0.206. The maximum Gasteiger partial charge on any atom is 0.418 e. The fraction of sp³-hybridized carbons (Fsp3) is 0.143. The molecule has 3 N–H and O–H groups in total. The van der Waals surface area contributed by atoms with Crippen molar-refractivity contribution in [3.63, 3.8) is 0 Å². The smallest absolute Gasteiger partial charge is 0.418 e. The Kier molecular flexibility index (Phi) is 4.29. The summed E-state index contributed by atoms with van der Waals surface area (Å²) in [5.74, 6) is 0.287. The largest absolute Gasteiger partial charge is 0.464 e. The summed E-state index contributed by atoms with van der Waals surface area (Å²) in [4.78, 5) is 0. The van der Waals surface area contributed by atoms with Gasteiger partial charge in [-0.25, -0.2) is 0 Å². The molecule has 2 aromatic rings. The lowest BCUT2D eigenvalue weighted by Crippen LogP contribution is -2.21. The number of alkyl halides is 3. The van der Waals surface area contributed by atoms with Crippen LogP contribution in [0.3, 0.4) is 0 Å². The van der Waals surface area contributed by atoms with Crippen LogP contribution >= 0.6 is 11.6 Å². The molecule has 2 rings (SSSR count). The molecule has 0 saturated carbocycles. The highest BCUT2D eigenvalue weighted by atomic mass is 35.5. The molecule has 0 spiro atoms. The van der Waals surface area contributed by atoms with Gasteiger partial charge in [-0.05, 0) is 35.4 Å². The van der Waals surface area contributed by atoms with E-state index in [1.54, 1.807) is 12.1 Å². The van der Waals surface area contributed by atoms with E-state index >= 15 is 0 Å². The van der Waals surface area contributed by atoms with Gasteiger partial charge in [0.25, 0.3) is 0 Å². The van der Waals surface area contributed by atoms with Crippen molar-refractivity contribution in [3.05, 3.63) is 64.7 Å². The van der Waals surface area contributed by atoms with E-state index in [9.17, 15) is 18.3 Å². The van der Waals surface area contributed by atoms with Gasteiger partial charge in [0.1, 0.15) is 5.76 Å². The Morgan fingerprint density at radius 2 is 2.05 bits per heavy atom. The first-order valence-electron chi connectivity index (χ1n) is 5.85. The van der Waals surface area contributed by atoms with Crippen LogP contribution in [0, 0.1) is 0 Å². The second kappa shape index (κ2) is 5.83. The van der Waals surface area contributed by atoms with Crippen LogP contribution in [0.15, 0.2) is 47.2 Å². The van der Waals surface area contributed by atoms with E-state index in [0.717, 1.165) is 12.3 Å². The molecule has 0 saturated heterocycles. The van der Waals surface area contributed by atoms with Gasteiger partial charge in [0, 0.05) is 16.8 Å². The van der Waals surface area contributed by atoms with Crippen molar-refractivity contribution in [3.8, 4) is 0 Å². The van der Waals surface area contributed by atoms with Gasteiger partial charge in [-0.15, -0.1) is 0 Å². The first-order valence-corrected chi connectivity index (χ1v) is 6.22. The van der Waals surface area contributed by atoms with Crippen LogP contribution in [0.5, 0.6) is 0 Å². The fourth-order valence-electron chi connectivity index (χ4n) is 1.92. The molecule has 7 heteroatoms. The van der Waals surface area contributed by atoms with Crippen molar-refractivity contribution in [1.29, 1.82) is 0 Å². The van der Waals surface area contributed by atoms with Crippen LogP contribution in [0.4, 0.5) is 13.2 Å². The normalized spacial score (nSPS) is 14.2. The summed E-state index contributed by atoms with van der Waals surface area (Å²) < 4.78 is 43.5. The predicted molar refractivity (Wildman–Crippen MR) is 72.4 cm³/mol. The molecular formula is C14H11ClF3NO2. The minimum absolute atomic E-state index is 0.0767. The lowest BCUT2D eigenvalue weighted by Gasteiger charge is -2.19. The van der Waals surface area contributed by atoms with Gasteiger partial charge in [0.2, 0.25) is 0 Å². The average molecular weight is 318 g/mol. The van der Waals surface area contributed by atoms with Gasteiger partial charge in [0.15, 0.2) is 6.10 Å². The van der Waals surface area contributed by atoms with Crippen molar-refractivity contribution in [2.45, 2.75) is 12.3 Å². The third-order valence-electron chi connectivity index (χ3n) is 2.86. The number of hydrogen-bond donors (Lipinski definition) is 2. The fourth-order valence-corrected chi connectivity index (χ4v) is 2.10. The van der Waals surface area contributed by atoms with Crippen molar-refractivity contribution in [2.24, 2.45) is 5.73 Å². The van der Waals surface area contributed by atoms with Crippen molar-refractivity contribution < 1.29 is 22.7 Å². The van der Waals surface area contributed by atoms with E-state index in [4.69, 9.17) is 21.8 Å². The van der Waals surface area contributed by atoms with Crippen LogP contribution in [-0.4, -0.2) is 11.3 Å². The summed E-state index contributed by atoms with van der Waals surface area (Å²) in [5, 5.41) is 9.60. The van der Waals surface area contributed by atoms with E-state index in [1.807, 2.05) is 0 Å². The second-order valence-electron chi connectivity index (χ2n) is 4.23. The first kappa shape index (κ1) is 15.5. The number of halogens is 4. The zero-order valence-corrected chi connectivity index (χ0v) is 11.3. The van der Waals surface area contributed by atoms with Gasteiger partial charge in [0.05, 0.1) is 6.26 Å². The molecule has 112 valence electrons. The Labute approximate surface area is 123 Å². The quantitative estimate of drug-likeness (QED) is 0.903. The standard InChI is InChI=1S/C14H11ClF3NO2/c15-8-3-4-9(10(6-8)13(20)14(16,17)18)11(7-19)12-2-1-5-21-12/h1-7,13,20H,19H2/b11-7+. The van der Waals surface area contributed by atoms with Crippen molar-refractivity contribution >= 4 is 17.2 Å². The highest BCUT2D eigenvalue weighted by molar-refractivity contribution is 6.30. The zero-order valence-electron chi connectivity index (χ0n) is 10.6. The Bertz CT molecular complexity index is 651. The minimum Gasteiger partial charge on any atom is -0.464 e. The Morgan fingerprint density at radius 1 is 1.33 bits per heavy atom. The topological polar surface area (TPSA) is 59.4 Å². The number of nitrogens with two attached hydrogens (primary N) is 1. The van der Waals surface area contributed by atoms with E-state index in [2.05, 4.69) is 0 Å². The summed E-state index contributed by atoms with van der Waals surface area (Å²) >= 11 is 5.73. The maximum absolute atomic E-state index is 12.8. The first-order chi connectivity index (χ1) is 9.84. The Hall–Kier alpha value is -1.92. The Morgan fingerprint density at radius 3 is 2.57 bits per heavy atom. The second-order valence-corrected chi connectivity index (χ2v) is 4.67. The molecule has 0 radical (unpaired) electrons. The molecule has 1 aromatic carbocycles. The van der Waals surface area contributed by atoms with Crippen LogP contribution < -0.4 is 5.73 Å². The summed E-state index contributed by atoms with van der Waals surface area (Å²) in [5.41, 5.74) is 5.44. The molecule has 1 heterocycles. The highest BCUT2D eigenvalue weighted by Crippen LogP contribution is 2.38. The third kappa shape index (κ3) is 3.22.